The second-order valence-electron chi connectivity index (χ2n) is 1.59. The molecule has 0 spiro atoms. The first-order valence-corrected chi connectivity index (χ1v) is 3.98. The van der Waals surface area contributed by atoms with E-state index in [2.05, 4.69) is 0 Å². The molecule has 2 nitrogen and oxygen atoms in total. The monoisotopic (exact) mass is 131 g/mol. The topological polar surface area (TPSA) is 34.1 Å². The molecule has 0 atom stereocenters. The van der Waals surface area contributed by atoms with Gasteiger partial charge in [0.05, 0.1) is 5.75 Å². The number of hydrogen-bond acceptors (Lipinski definition) is 2. The molecule has 0 N–H and O–H groups in total. The molecule has 44 valence electrons. The van der Waals surface area contributed by atoms with Crippen molar-refractivity contribution in [2.24, 2.45) is 0 Å². The Morgan fingerprint density at radius 1 is 1.38 bits per heavy atom. The van der Waals surface area contributed by atoms with Gasteiger partial charge in [-0.05, 0) is 0 Å². The van der Waals surface area contributed by atoms with Gasteiger partial charge in [0.1, 0.15) is 0 Å². The zero-order chi connectivity index (χ0) is 6.04. The van der Waals surface area contributed by atoms with E-state index in [1.54, 1.807) is 12.2 Å². The maximum Gasteiger partial charge on any atom is 1.00 e. The summed E-state index contributed by atoms with van der Waals surface area (Å²) in [5.74, 6) is 0.156. The van der Waals surface area contributed by atoms with Crippen molar-refractivity contribution in [3.05, 3.63) is 23.6 Å². The zero-order valence-electron chi connectivity index (χ0n) is 5.24. The van der Waals surface area contributed by atoms with Gasteiger partial charge in [-0.1, -0.05) is 18.2 Å². The highest BCUT2D eigenvalue weighted by Crippen LogP contribution is 1.98. The first-order chi connectivity index (χ1) is 3.71. The molecule has 0 aromatic carbocycles. The molecule has 0 aliphatic carbocycles. The molecule has 1 rings (SSSR count). The fourth-order valence-corrected chi connectivity index (χ4v) is 1.31. The van der Waals surface area contributed by atoms with E-state index in [0.717, 1.165) is 0 Å². The minimum atomic E-state index is -2.85. The molecule has 0 fully saturated rings. The first-order valence-electron chi connectivity index (χ1n) is 2.27. The Balaban J connectivity index is 0.000000640. The molecule has 0 radical (unpaired) electrons. The van der Waals surface area contributed by atoms with Crippen LogP contribution in [-0.2, 0) is 9.84 Å². The van der Waals surface area contributed by atoms with Crippen molar-refractivity contribution < 1.29 is 9.84 Å². The predicted molar refractivity (Wildman–Crippen MR) is 33.2 cm³/mol. The molecular weight excluding hydrogens is 124 g/mol. The summed E-state index contributed by atoms with van der Waals surface area (Å²) >= 11 is 0. The minimum Gasteiger partial charge on any atom is -0.224 e. The van der Waals surface area contributed by atoms with Gasteiger partial charge in [0.2, 0.25) is 0 Å². The van der Waals surface area contributed by atoms with E-state index in [4.69, 9.17) is 0 Å². The summed E-state index contributed by atoms with van der Waals surface area (Å²) in [6.07, 6.45) is 4.87. The highest BCUT2D eigenvalue weighted by Gasteiger charge is 2.02. The standard InChI is InChI=1S/C5H6O2S/c6-8(7)4-2-1-3-5-8/h1-4H,5H2/p+1. The smallest absolute Gasteiger partial charge is 0.224 e. The summed E-state index contributed by atoms with van der Waals surface area (Å²) in [5, 5.41) is 1.22. The molecule has 0 amide bonds. The Morgan fingerprint density at radius 2 is 2.12 bits per heavy atom. The second kappa shape index (κ2) is 1.74. The van der Waals surface area contributed by atoms with Crippen molar-refractivity contribution in [2.45, 2.75) is 0 Å². The van der Waals surface area contributed by atoms with E-state index in [9.17, 15) is 8.42 Å². The quantitative estimate of drug-likeness (QED) is 0.482. The number of sulfone groups is 1. The third-order valence-corrected chi connectivity index (χ3v) is 2.09. The van der Waals surface area contributed by atoms with E-state index >= 15 is 0 Å². The molecule has 0 saturated carbocycles. The van der Waals surface area contributed by atoms with Crippen LogP contribution in [0.2, 0.25) is 0 Å². The maximum absolute atomic E-state index is 10.5. The Kier molecular flexibility index (Phi) is 1.21. The van der Waals surface area contributed by atoms with Gasteiger partial charge in [0.15, 0.2) is 9.84 Å². The highest BCUT2D eigenvalue weighted by atomic mass is 32.2. The Labute approximate surface area is 49.9 Å². The maximum atomic E-state index is 10.5. The van der Waals surface area contributed by atoms with Gasteiger partial charge in [0, 0.05) is 5.41 Å². The number of hydrogen-bond donors (Lipinski definition) is 0. The first kappa shape index (κ1) is 5.56. The van der Waals surface area contributed by atoms with E-state index in [0.29, 0.717) is 0 Å². The molecule has 1 aliphatic rings. The van der Waals surface area contributed by atoms with Crippen molar-refractivity contribution in [1.82, 2.24) is 0 Å². The second-order valence-corrected chi connectivity index (χ2v) is 3.52. The van der Waals surface area contributed by atoms with Crippen LogP contribution in [0.15, 0.2) is 23.6 Å². The van der Waals surface area contributed by atoms with Crippen molar-refractivity contribution >= 4 is 9.84 Å². The fourth-order valence-electron chi connectivity index (χ4n) is 0.489. The van der Waals surface area contributed by atoms with Gasteiger partial charge < -0.3 is 0 Å². The lowest BCUT2D eigenvalue weighted by Crippen LogP contribution is -2.00. The van der Waals surface area contributed by atoms with Gasteiger partial charge in [-0.15, -0.1) is 0 Å². The molecule has 0 aromatic rings. The highest BCUT2D eigenvalue weighted by molar-refractivity contribution is 7.94. The molecule has 8 heavy (non-hydrogen) atoms. The van der Waals surface area contributed by atoms with E-state index < -0.39 is 9.84 Å². The third kappa shape index (κ3) is 1.20. The average molecular weight is 131 g/mol. The summed E-state index contributed by atoms with van der Waals surface area (Å²) in [4.78, 5) is 0. The van der Waals surface area contributed by atoms with Gasteiger partial charge >= 0.3 is 1.43 Å². The van der Waals surface area contributed by atoms with Crippen LogP contribution in [0.1, 0.15) is 1.43 Å². The lowest BCUT2D eigenvalue weighted by molar-refractivity contribution is 0.607. The average Bonchev–Trinajstić information content (AvgIpc) is 1.65. The van der Waals surface area contributed by atoms with Crippen LogP contribution in [-0.4, -0.2) is 14.2 Å². The molecule has 0 aromatic heterocycles. The van der Waals surface area contributed by atoms with Crippen LogP contribution in [0.25, 0.3) is 0 Å². The van der Waals surface area contributed by atoms with Crippen molar-refractivity contribution in [3.8, 4) is 0 Å². The summed E-state index contributed by atoms with van der Waals surface area (Å²) in [6.45, 7) is 0. The van der Waals surface area contributed by atoms with Crippen LogP contribution in [0.4, 0.5) is 0 Å². The lowest BCUT2D eigenvalue weighted by atomic mass is 10.5. The van der Waals surface area contributed by atoms with Crippen LogP contribution in [0, 0.1) is 0 Å². The van der Waals surface area contributed by atoms with Gasteiger partial charge in [-0.25, -0.2) is 8.42 Å². The van der Waals surface area contributed by atoms with Crippen LogP contribution in [0.5, 0.6) is 0 Å². The van der Waals surface area contributed by atoms with Gasteiger partial charge in [-0.2, -0.15) is 0 Å². The molecule has 1 heterocycles. The fraction of sp³-hybridized carbons (Fsp3) is 0.200. The van der Waals surface area contributed by atoms with Crippen LogP contribution < -0.4 is 0 Å². The van der Waals surface area contributed by atoms with Crippen LogP contribution >= 0.6 is 0 Å². The summed E-state index contributed by atoms with van der Waals surface area (Å²) in [5.41, 5.74) is 0. The van der Waals surface area contributed by atoms with E-state index in [-0.39, 0.29) is 7.18 Å². The molecule has 1 aliphatic heterocycles. The molecule has 0 unspecified atom stereocenters. The minimum absolute atomic E-state index is 0. The van der Waals surface area contributed by atoms with Crippen molar-refractivity contribution in [1.29, 1.82) is 0 Å². The van der Waals surface area contributed by atoms with E-state index in [1.165, 1.54) is 11.5 Å². The zero-order valence-corrected chi connectivity index (χ0v) is 5.06. The SMILES string of the molecule is O=S1(=O)C=CC=CC1.[H+]. The Morgan fingerprint density at radius 3 is 2.38 bits per heavy atom. The molecule has 0 bridgehead atoms. The normalized spacial score (nSPS) is 23.5. The molecule has 3 heteroatoms. The molecular formula is C5H7O2S+. The van der Waals surface area contributed by atoms with Gasteiger partial charge in [0.25, 0.3) is 0 Å². The van der Waals surface area contributed by atoms with Crippen molar-refractivity contribution in [2.75, 3.05) is 5.75 Å². The number of allylic oxidation sites excluding steroid dienone is 2. The Hall–Kier alpha value is -0.570. The number of rotatable bonds is 0. The van der Waals surface area contributed by atoms with Gasteiger partial charge in [-0.3, -0.25) is 0 Å². The molecule has 0 saturated heterocycles. The summed E-state index contributed by atoms with van der Waals surface area (Å²) in [6, 6.07) is 0. The largest absolute Gasteiger partial charge is 1.00 e. The Bertz CT molecular complexity index is 225. The lowest BCUT2D eigenvalue weighted by Gasteiger charge is -1.93. The van der Waals surface area contributed by atoms with E-state index in [1.807, 2.05) is 0 Å². The van der Waals surface area contributed by atoms with Crippen LogP contribution in [0.3, 0.4) is 0 Å². The van der Waals surface area contributed by atoms with Crippen molar-refractivity contribution in [3.63, 3.8) is 0 Å². The summed E-state index contributed by atoms with van der Waals surface area (Å²) in [7, 11) is -2.85. The summed E-state index contributed by atoms with van der Waals surface area (Å²) < 4.78 is 21.0. The predicted octanol–water partition coefficient (Wildman–Crippen LogP) is 0.597. The third-order valence-electron chi connectivity index (χ3n) is 0.862.